The van der Waals surface area contributed by atoms with Crippen LogP contribution in [0.2, 0.25) is 5.02 Å². The zero-order valence-electron chi connectivity index (χ0n) is 16.0. The molecule has 0 atom stereocenters. The second kappa shape index (κ2) is 9.46. The van der Waals surface area contributed by atoms with Crippen LogP contribution in [0.25, 0.3) is 0 Å². The van der Waals surface area contributed by atoms with Crippen molar-refractivity contribution in [2.75, 3.05) is 25.6 Å². The summed E-state index contributed by atoms with van der Waals surface area (Å²) in [5.41, 5.74) is 4.12. The highest BCUT2D eigenvalue weighted by Crippen LogP contribution is 2.36. The molecule has 0 saturated carbocycles. The van der Waals surface area contributed by atoms with Crippen LogP contribution in [0.5, 0.6) is 11.5 Å². The normalized spacial score (nSPS) is 12.7. The summed E-state index contributed by atoms with van der Waals surface area (Å²) in [6.45, 7) is 2.16. The van der Waals surface area contributed by atoms with Gasteiger partial charge >= 0.3 is 0 Å². The van der Waals surface area contributed by atoms with Gasteiger partial charge in [-0.2, -0.15) is 0 Å². The number of halogens is 1. The van der Waals surface area contributed by atoms with E-state index in [1.165, 1.54) is 30.9 Å². The first-order chi connectivity index (χ1) is 13.6. The van der Waals surface area contributed by atoms with Gasteiger partial charge in [0, 0.05) is 11.3 Å². The number of benzene rings is 2. The van der Waals surface area contributed by atoms with Crippen molar-refractivity contribution in [2.24, 2.45) is 5.16 Å². The third-order valence-corrected chi connectivity index (χ3v) is 4.68. The molecule has 0 aliphatic heterocycles. The number of amides is 1. The minimum absolute atomic E-state index is 0.185. The van der Waals surface area contributed by atoms with Gasteiger partial charge in [0.05, 0.1) is 25.0 Å². The van der Waals surface area contributed by atoms with Crippen LogP contribution >= 0.6 is 11.6 Å². The molecule has 1 N–H and O–H groups in total. The Morgan fingerprint density at radius 1 is 1.25 bits per heavy atom. The largest absolute Gasteiger partial charge is 0.493 e. The van der Waals surface area contributed by atoms with Crippen molar-refractivity contribution in [3.63, 3.8) is 0 Å². The fourth-order valence-electron chi connectivity index (χ4n) is 3.14. The molecule has 2 aromatic carbocycles. The van der Waals surface area contributed by atoms with Gasteiger partial charge in [0.25, 0.3) is 5.91 Å². The maximum atomic E-state index is 12.0. The van der Waals surface area contributed by atoms with Gasteiger partial charge in [0.15, 0.2) is 18.1 Å². The molecule has 1 aliphatic rings. The van der Waals surface area contributed by atoms with E-state index in [2.05, 4.69) is 16.5 Å². The van der Waals surface area contributed by atoms with Gasteiger partial charge in [-0.3, -0.25) is 4.79 Å². The second-order valence-corrected chi connectivity index (χ2v) is 6.77. The maximum Gasteiger partial charge on any atom is 0.265 e. The van der Waals surface area contributed by atoms with Crippen LogP contribution in [0.1, 0.15) is 30.0 Å². The monoisotopic (exact) mass is 402 g/mol. The highest BCUT2D eigenvalue weighted by Gasteiger charge is 2.12. The third-order valence-electron chi connectivity index (χ3n) is 4.39. The number of hydrogen-bond acceptors (Lipinski definition) is 5. The van der Waals surface area contributed by atoms with Crippen molar-refractivity contribution in [3.05, 3.63) is 52.0 Å². The number of nitrogens with zero attached hydrogens (tertiary/aromatic N) is 1. The Morgan fingerprint density at radius 2 is 2.07 bits per heavy atom. The van der Waals surface area contributed by atoms with Crippen LogP contribution in [-0.4, -0.2) is 32.4 Å². The van der Waals surface area contributed by atoms with Gasteiger partial charge in [-0.05, 0) is 61.6 Å². The molecule has 0 radical (unpaired) electrons. The number of carbonyl (C=O) groups excluding carboxylic acids is 1. The second-order valence-electron chi connectivity index (χ2n) is 6.36. The van der Waals surface area contributed by atoms with Gasteiger partial charge in [-0.25, -0.2) is 0 Å². The van der Waals surface area contributed by atoms with Gasteiger partial charge in [0.1, 0.15) is 0 Å². The average Bonchev–Trinajstić information content (AvgIpc) is 3.15. The van der Waals surface area contributed by atoms with Crippen molar-refractivity contribution in [1.82, 2.24) is 0 Å². The molecular formula is C21H23ClN2O4. The number of rotatable bonds is 8. The summed E-state index contributed by atoms with van der Waals surface area (Å²) >= 11 is 6.21. The van der Waals surface area contributed by atoms with E-state index in [1.54, 1.807) is 12.1 Å². The Morgan fingerprint density at radius 3 is 2.86 bits per heavy atom. The van der Waals surface area contributed by atoms with E-state index in [-0.39, 0.29) is 12.5 Å². The van der Waals surface area contributed by atoms with E-state index in [9.17, 15) is 4.79 Å². The van der Waals surface area contributed by atoms with Gasteiger partial charge in [-0.15, -0.1) is 0 Å². The minimum atomic E-state index is -0.266. The summed E-state index contributed by atoms with van der Waals surface area (Å²) in [7, 11) is 1.54. The number of hydrogen-bond donors (Lipinski definition) is 1. The van der Waals surface area contributed by atoms with Crippen molar-refractivity contribution in [1.29, 1.82) is 0 Å². The molecule has 6 nitrogen and oxygen atoms in total. The lowest BCUT2D eigenvalue weighted by atomic mass is 10.1. The SMILES string of the molecule is CCOc1c(Cl)cc(/C=N\OCC(=O)Nc2ccc3c(c2)CCC3)cc1OC. The quantitative estimate of drug-likeness (QED) is 0.530. The van der Waals surface area contributed by atoms with Crippen molar-refractivity contribution in [3.8, 4) is 11.5 Å². The van der Waals surface area contributed by atoms with Crippen molar-refractivity contribution in [2.45, 2.75) is 26.2 Å². The molecular weight excluding hydrogens is 380 g/mol. The highest BCUT2D eigenvalue weighted by molar-refractivity contribution is 6.32. The van der Waals surface area contributed by atoms with Crippen LogP contribution in [-0.2, 0) is 22.5 Å². The Hall–Kier alpha value is -2.73. The Kier molecular flexibility index (Phi) is 6.76. The number of anilines is 1. The molecule has 1 amide bonds. The smallest absolute Gasteiger partial charge is 0.265 e. The van der Waals surface area contributed by atoms with Crippen LogP contribution in [0, 0.1) is 0 Å². The summed E-state index contributed by atoms with van der Waals surface area (Å²) in [6.07, 6.45) is 4.81. The number of ether oxygens (including phenoxy) is 2. The number of aryl methyl sites for hydroxylation is 2. The zero-order chi connectivity index (χ0) is 19.9. The first-order valence-electron chi connectivity index (χ1n) is 9.18. The Labute approximate surface area is 169 Å². The summed E-state index contributed by atoms with van der Waals surface area (Å²) < 4.78 is 10.8. The molecule has 0 fully saturated rings. The first-order valence-corrected chi connectivity index (χ1v) is 9.55. The molecule has 28 heavy (non-hydrogen) atoms. The molecule has 0 aromatic heterocycles. The van der Waals surface area contributed by atoms with Crippen molar-refractivity contribution >= 4 is 29.4 Å². The van der Waals surface area contributed by atoms with Crippen LogP contribution < -0.4 is 14.8 Å². The van der Waals surface area contributed by atoms with Gasteiger partial charge in [0.2, 0.25) is 0 Å². The molecule has 0 bridgehead atoms. The topological polar surface area (TPSA) is 69.2 Å². The van der Waals surface area contributed by atoms with E-state index in [0.29, 0.717) is 28.7 Å². The molecule has 2 aromatic rings. The van der Waals surface area contributed by atoms with E-state index < -0.39 is 0 Å². The number of methoxy groups -OCH3 is 1. The first kappa shape index (κ1) is 20.0. The van der Waals surface area contributed by atoms with Crippen molar-refractivity contribution < 1.29 is 19.1 Å². The summed E-state index contributed by atoms with van der Waals surface area (Å²) in [6, 6.07) is 9.43. The molecule has 3 rings (SSSR count). The molecule has 7 heteroatoms. The van der Waals surface area contributed by atoms with Crippen LogP contribution in [0.4, 0.5) is 5.69 Å². The summed E-state index contributed by atoms with van der Waals surface area (Å²) in [4.78, 5) is 17.1. The van der Waals surface area contributed by atoms with Crippen LogP contribution in [0.3, 0.4) is 0 Å². The summed E-state index contributed by atoms with van der Waals surface area (Å²) in [5.74, 6) is 0.723. The number of carbonyl (C=O) groups is 1. The Bertz CT molecular complexity index is 883. The predicted octanol–water partition coefficient (Wildman–Crippen LogP) is 4.23. The molecule has 148 valence electrons. The Balaban J connectivity index is 1.53. The van der Waals surface area contributed by atoms with E-state index in [1.807, 2.05) is 19.1 Å². The average molecular weight is 403 g/mol. The predicted molar refractivity (Wildman–Crippen MR) is 110 cm³/mol. The van der Waals surface area contributed by atoms with Gasteiger partial charge in [-0.1, -0.05) is 22.8 Å². The maximum absolute atomic E-state index is 12.0. The zero-order valence-corrected chi connectivity index (χ0v) is 16.7. The number of oxime groups is 1. The van der Waals surface area contributed by atoms with Gasteiger partial charge < -0.3 is 19.6 Å². The lowest BCUT2D eigenvalue weighted by Gasteiger charge is -2.11. The third kappa shape index (κ3) is 4.95. The van der Waals surface area contributed by atoms with E-state index in [0.717, 1.165) is 18.5 Å². The molecule has 0 unspecified atom stereocenters. The molecule has 0 heterocycles. The standard InChI is InChI=1S/C21H23ClN2O4/c1-3-27-21-18(22)9-14(10-19(21)26-2)12-23-28-13-20(25)24-17-8-7-15-5-4-6-16(15)11-17/h7-12H,3-6,13H2,1-2H3,(H,24,25)/b23-12-. The molecule has 0 saturated heterocycles. The van der Waals surface area contributed by atoms with E-state index >= 15 is 0 Å². The lowest BCUT2D eigenvalue weighted by Crippen LogP contribution is -2.17. The number of fused-ring (bicyclic) bond motifs is 1. The summed E-state index contributed by atoms with van der Waals surface area (Å²) in [5, 5.41) is 7.07. The fourth-order valence-corrected chi connectivity index (χ4v) is 3.41. The number of nitrogens with one attached hydrogen (secondary N) is 1. The van der Waals surface area contributed by atoms with E-state index in [4.69, 9.17) is 25.9 Å². The minimum Gasteiger partial charge on any atom is -0.493 e. The van der Waals surface area contributed by atoms with Crippen LogP contribution in [0.15, 0.2) is 35.5 Å². The highest BCUT2D eigenvalue weighted by atomic mass is 35.5. The fraction of sp³-hybridized carbons (Fsp3) is 0.333. The lowest BCUT2D eigenvalue weighted by molar-refractivity contribution is -0.120. The molecule has 0 spiro atoms. The molecule has 1 aliphatic carbocycles.